The number of nitrogens with zero attached hydrogens (tertiary/aromatic N) is 5. The molecule has 3 aliphatic rings. The zero-order chi connectivity index (χ0) is 60.1. The molecule has 1 fully saturated rings. The summed E-state index contributed by atoms with van der Waals surface area (Å²) >= 11 is 12.9. The molecule has 4 heterocycles. The Bertz CT molecular complexity index is 3680. The molecule has 0 aliphatic carbocycles. The fourth-order valence-corrected chi connectivity index (χ4v) is 13.9. The second-order valence-electron chi connectivity index (χ2n) is 19.8. The Hall–Kier alpha value is -8.44. The van der Waals surface area contributed by atoms with Crippen LogP contribution in [0, 0.1) is 0 Å². The minimum absolute atomic E-state index is 0.0468. The molecule has 1 aromatic heterocycles. The maximum Gasteiger partial charge on any atom is 0.355 e. The van der Waals surface area contributed by atoms with Crippen molar-refractivity contribution in [2.45, 2.75) is 47.6 Å². The van der Waals surface area contributed by atoms with E-state index >= 15 is 4.79 Å². The van der Waals surface area contributed by atoms with Crippen molar-refractivity contribution < 1.29 is 47.6 Å². The number of ether oxygens (including phenoxy) is 6. The third kappa shape index (κ3) is 13.7. The number of rotatable bonds is 26. The van der Waals surface area contributed by atoms with Crippen LogP contribution < -0.4 is 34.4 Å². The highest BCUT2D eigenvalue weighted by Crippen LogP contribution is 2.44. The number of fused-ring (bicyclic) bond motifs is 1. The number of hydrogen-bond acceptors (Lipinski definition) is 19. The first-order valence-corrected chi connectivity index (χ1v) is 31.6. The smallest absolute Gasteiger partial charge is 0.355 e. The van der Waals surface area contributed by atoms with Gasteiger partial charge in [-0.1, -0.05) is 155 Å². The highest BCUT2D eigenvalue weighted by atomic mass is 35.5. The number of carbonyl (C=O) groups is 3. The Labute approximate surface area is 525 Å². The van der Waals surface area contributed by atoms with Crippen LogP contribution in [-0.4, -0.2) is 93.1 Å². The van der Waals surface area contributed by atoms with Gasteiger partial charge in [-0.05, 0) is 93.0 Å². The van der Waals surface area contributed by atoms with Gasteiger partial charge in [0.15, 0.2) is 17.2 Å². The molecule has 0 saturated carbocycles. The number of carbonyl (C=O) groups excluding carboxylic acids is 3. The van der Waals surface area contributed by atoms with Gasteiger partial charge in [0.1, 0.15) is 70.5 Å². The highest BCUT2D eigenvalue weighted by molar-refractivity contribution is 8.02. The number of oxime groups is 1. The second-order valence-corrected chi connectivity index (χ2v) is 24.2. The molecule has 17 nitrogen and oxygen atoms in total. The number of hydrogen-bond donors (Lipinski definition) is 2. The Morgan fingerprint density at radius 1 is 0.713 bits per heavy atom. The number of benzene rings is 7. The standard InChI is InChI=1S/C65H58ClN7O10S4/c1-77-50-26-19-42(20-27-50)34-80-54-32-25-45(56(66)60(54)81-35-43-21-28-51(78-2)29-22-43)37-83-69-57(53-40-84-41-72(53)70-65(47-13-7-4-8-14-47,48-15-9-5-10-16-48)49-17-11-6-12-18-49)61(74)68-58-62(75)73-59(64(76)82-36-44-23-30-52(79-3)31-24-44)46(39-86-63(58)73)38-85-55-33-67-71-87-55/h4-33,40,58,63,70H,34-39,41H2,1-3H3,(H,68,74)/b69-57-/t58?,63-/m0/s1. The topological polar surface area (TPSA) is 184 Å². The predicted molar refractivity (Wildman–Crippen MR) is 339 cm³/mol. The molecular formula is C65H58ClN7O10S4. The first-order chi connectivity index (χ1) is 42.6. The summed E-state index contributed by atoms with van der Waals surface area (Å²) in [6, 6.07) is 54.9. The van der Waals surface area contributed by atoms with Gasteiger partial charge in [0.25, 0.3) is 11.8 Å². The first kappa shape index (κ1) is 60.3. The summed E-state index contributed by atoms with van der Waals surface area (Å²) < 4.78 is 39.6. The zero-order valence-electron chi connectivity index (χ0n) is 47.3. The van der Waals surface area contributed by atoms with E-state index in [1.54, 1.807) is 63.9 Å². The maximum atomic E-state index is 15.4. The number of aromatic nitrogens is 2. The fraction of sp³-hybridized carbons (Fsp3) is 0.200. The summed E-state index contributed by atoms with van der Waals surface area (Å²) in [5.74, 6) is 1.95. The maximum absolute atomic E-state index is 15.4. The number of halogens is 1. The van der Waals surface area contributed by atoms with Crippen LogP contribution in [0.15, 0.2) is 214 Å². The molecule has 0 radical (unpaired) electrons. The number of esters is 1. The normalized spacial score (nSPS) is 15.7. The molecule has 7 aromatic carbocycles. The van der Waals surface area contributed by atoms with Crippen molar-refractivity contribution in [3.63, 3.8) is 0 Å². The van der Waals surface area contributed by atoms with Gasteiger partial charge in [0, 0.05) is 22.5 Å². The average Bonchev–Trinajstić information content (AvgIpc) is 1.21. The quantitative estimate of drug-likeness (QED) is 0.0130. The van der Waals surface area contributed by atoms with Gasteiger partial charge in [-0.25, -0.2) is 10.2 Å². The van der Waals surface area contributed by atoms with Gasteiger partial charge in [-0.15, -0.1) is 40.4 Å². The summed E-state index contributed by atoms with van der Waals surface area (Å²) in [5.41, 5.74) is 9.66. The van der Waals surface area contributed by atoms with Crippen LogP contribution in [0.4, 0.5) is 0 Å². The van der Waals surface area contributed by atoms with Gasteiger partial charge >= 0.3 is 5.97 Å². The summed E-state index contributed by atoms with van der Waals surface area (Å²) in [6.45, 7) is 0.0794. The Balaban J connectivity index is 0.910. The summed E-state index contributed by atoms with van der Waals surface area (Å²) in [5, 5.41) is 14.9. The molecule has 1 unspecified atom stereocenters. The van der Waals surface area contributed by atoms with Crippen molar-refractivity contribution in [1.82, 2.24) is 30.2 Å². The number of methoxy groups -OCH3 is 3. The summed E-state index contributed by atoms with van der Waals surface area (Å²) in [4.78, 5) is 52.1. The molecule has 11 rings (SSSR count). The van der Waals surface area contributed by atoms with E-state index in [0.717, 1.165) is 37.6 Å². The molecule has 1 saturated heterocycles. The van der Waals surface area contributed by atoms with E-state index in [2.05, 4.69) is 61.9 Å². The van der Waals surface area contributed by atoms with Crippen LogP contribution >= 0.6 is 58.4 Å². The predicted octanol–water partition coefficient (Wildman–Crippen LogP) is 11.8. The molecule has 444 valence electrons. The van der Waals surface area contributed by atoms with Crippen molar-refractivity contribution >= 4 is 81.9 Å². The lowest BCUT2D eigenvalue weighted by Gasteiger charge is -2.49. The molecule has 3 aliphatic heterocycles. The Kier molecular flexibility index (Phi) is 19.7. The molecule has 22 heteroatoms. The van der Waals surface area contributed by atoms with E-state index in [1.807, 2.05) is 114 Å². The molecule has 2 amide bonds. The monoisotopic (exact) mass is 1260 g/mol. The van der Waals surface area contributed by atoms with Crippen molar-refractivity contribution in [2.75, 3.05) is 38.7 Å². The SMILES string of the molecule is COc1ccc(COC(=O)C2=C(CSc3cnns3)CS[C@H]3C(NC(=O)/C(=N\OCc4ccc(OCc5ccc(OC)cc5)c(OCc5ccc(OC)cc5)c4Cl)C4=CSCN4NC(c4ccccc4)(c4ccccc4)c4ccccc4)C(=O)N23)cc1. The Morgan fingerprint density at radius 3 is 1.83 bits per heavy atom. The minimum atomic E-state index is -1.07. The lowest BCUT2D eigenvalue weighted by atomic mass is 9.77. The second kappa shape index (κ2) is 28.4. The van der Waals surface area contributed by atoms with Crippen LogP contribution in [0.2, 0.25) is 5.02 Å². The first-order valence-electron chi connectivity index (χ1n) is 27.4. The zero-order valence-corrected chi connectivity index (χ0v) is 51.4. The number of amides is 2. The molecule has 0 spiro atoms. The molecule has 2 N–H and O–H groups in total. The van der Waals surface area contributed by atoms with Gasteiger partial charge in [-0.2, -0.15) is 0 Å². The van der Waals surface area contributed by atoms with E-state index < -0.39 is 34.7 Å². The number of nitrogens with one attached hydrogen (secondary N) is 2. The van der Waals surface area contributed by atoms with E-state index in [9.17, 15) is 9.59 Å². The third-order valence-electron chi connectivity index (χ3n) is 14.5. The number of thioether (sulfide) groups is 3. The lowest BCUT2D eigenvalue weighted by molar-refractivity contribution is -0.153. The molecule has 87 heavy (non-hydrogen) atoms. The third-order valence-corrected chi connectivity index (χ3v) is 18.9. The van der Waals surface area contributed by atoms with Gasteiger partial charge in [0.2, 0.25) is 0 Å². The van der Waals surface area contributed by atoms with Crippen molar-refractivity contribution in [3.05, 3.63) is 248 Å². The molecule has 0 bridgehead atoms. The van der Waals surface area contributed by atoms with Crippen molar-refractivity contribution in [3.8, 4) is 28.7 Å². The van der Waals surface area contributed by atoms with E-state index in [0.29, 0.717) is 57.2 Å². The summed E-state index contributed by atoms with van der Waals surface area (Å²) in [7, 11) is 4.79. The minimum Gasteiger partial charge on any atom is -0.497 e. The number of hydrazine groups is 1. The number of β-lactam (4-membered cyclic amide) rings is 1. The highest BCUT2D eigenvalue weighted by Gasteiger charge is 2.55. The summed E-state index contributed by atoms with van der Waals surface area (Å²) in [6.07, 6.45) is 1.65. The van der Waals surface area contributed by atoms with Gasteiger partial charge < -0.3 is 38.6 Å². The average molecular weight is 1260 g/mol. The largest absolute Gasteiger partial charge is 0.497 e. The van der Waals surface area contributed by atoms with Crippen molar-refractivity contribution in [2.24, 2.45) is 5.16 Å². The van der Waals surface area contributed by atoms with E-state index in [-0.39, 0.29) is 48.6 Å². The van der Waals surface area contributed by atoms with Crippen LogP contribution in [-0.2, 0) is 55.9 Å². The molecular weight excluding hydrogens is 1200 g/mol. The Morgan fingerprint density at radius 2 is 1.28 bits per heavy atom. The van der Waals surface area contributed by atoms with Crippen LogP contribution in [0.3, 0.4) is 0 Å². The van der Waals surface area contributed by atoms with Gasteiger partial charge in [0.05, 0.1) is 44.1 Å². The lowest BCUT2D eigenvalue weighted by Crippen LogP contribution is -2.71. The van der Waals surface area contributed by atoms with Crippen LogP contribution in [0.25, 0.3) is 0 Å². The molecule has 8 aromatic rings. The molecule has 2 atom stereocenters. The van der Waals surface area contributed by atoms with E-state index in [1.165, 1.54) is 51.7 Å². The van der Waals surface area contributed by atoms with Crippen LogP contribution in [0.1, 0.15) is 38.9 Å². The van der Waals surface area contributed by atoms with E-state index in [4.69, 9.17) is 44.9 Å². The van der Waals surface area contributed by atoms with Gasteiger partial charge in [-0.3, -0.25) is 19.5 Å². The van der Waals surface area contributed by atoms with Crippen molar-refractivity contribution in [1.29, 1.82) is 0 Å². The fourth-order valence-electron chi connectivity index (χ4n) is 9.94. The van der Waals surface area contributed by atoms with Crippen LogP contribution in [0.5, 0.6) is 28.7 Å².